The maximum absolute atomic E-state index is 13.0. The van der Waals surface area contributed by atoms with Crippen LogP contribution in [0, 0.1) is 5.82 Å². The quantitative estimate of drug-likeness (QED) is 0.701. The van der Waals surface area contributed by atoms with Crippen molar-refractivity contribution in [3.8, 4) is 0 Å². The van der Waals surface area contributed by atoms with Gasteiger partial charge in [-0.15, -0.1) is 0 Å². The second kappa shape index (κ2) is 8.22. The van der Waals surface area contributed by atoms with Crippen LogP contribution in [0.25, 0.3) is 0 Å². The molecule has 2 amide bonds. The van der Waals surface area contributed by atoms with Gasteiger partial charge in [0.2, 0.25) is 5.91 Å². The Balaban J connectivity index is 1.59. The van der Waals surface area contributed by atoms with E-state index in [9.17, 15) is 14.0 Å². The van der Waals surface area contributed by atoms with Crippen molar-refractivity contribution < 1.29 is 14.0 Å². The molecule has 2 N–H and O–H groups in total. The van der Waals surface area contributed by atoms with E-state index in [-0.39, 0.29) is 11.8 Å². The Kier molecular flexibility index (Phi) is 5.55. The van der Waals surface area contributed by atoms with Gasteiger partial charge in [0.15, 0.2) is 0 Å². The van der Waals surface area contributed by atoms with E-state index >= 15 is 0 Å². The largest absolute Gasteiger partial charge is 0.350 e. The van der Waals surface area contributed by atoms with Gasteiger partial charge >= 0.3 is 0 Å². The molecule has 0 aliphatic rings. The summed E-state index contributed by atoms with van der Waals surface area (Å²) in [6, 6.07) is 12.0. The Hall–Kier alpha value is -3.55. The van der Waals surface area contributed by atoms with Gasteiger partial charge in [-0.25, -0.2) is 14.1 Å². The summed E-state index contributed by atoms with van der Waals surface area (Å²) < 4.78 is 14.4. The highest BCUT2D eigenvalue weighted by Gasteiger charge is 2.15. The first-order chi connectivity index (χ1) is 13.0. The molecule has 0 saturated heterocycles. The molecule has 1 aromatic heterocycles. The number of hydrogen-bond acceptors (Lipinski definition) is 4. The van der Waals surface area contributed by atoms with Crippen LogP contribution in [-0.4, -0.2) is 26.6 Å². The van der Waals surface area contributed by atoms with Crippen LogP contribution >= 0.6 is 0 Å². The highest BCUT2D eigenvalue weighted by Crippen LogP contribution is 2.13. The average molecular weight is 367 g/mol. The van der Waals surface area contributed by atoms with Gasteiger partial charge in [-0.1, -0.05) is 12.1 Å². The van der Waals surface area contributed by atoms with Crippen molar-refractivity contribution in [2.45, 2.75) is 19.5 Å². The minimum atomic E-state index is -0.478. The van der Waals surface area contributed by atoms with Gasteiger partial charge < -0.3 is 10.6 Å². The predicted molar refractivity (Wildman–Crippen MR) is 97.4 cm³/mol. The molecule has 0 aliphatic carbocycles. The zero-order chi connectivity index (χ0) is 19.2. The fourth-order valence-corrected chi connectivity index (χ4v) is 2.44. The average Bonchev–Trinajstić information content (AvgIpc) is 3.21. The molecule has 0 aliphatic heterocycles. The highest BCUT2D eigenvalue weighted by atomic mass is 19.1. The maximum atomic E-state index is 13.0. The van der Waals surface area contributed by atoms with E-state index in [1.54, 1.807) is 25.1 Å². The number of nitrogens with one attached hydrogen (secondary N) is 2. The Morgan fingerprint density at radius 3 is 2.67 bits per heavy atom. The molecule has 1 heterocycles. The molecule has 0 fully saturated rings. The minimum absolute atomic E-state index is 0.193. The third kappa shape index (κ3) is 4.75. The topological polar surface area (TPSA) is 88.9 Å². The molecular formula is C19H18FN5O2. The molecule has 8 heteroatoms. The summed E-state index contributed by atoms with van der Waals surface area (Å²) in [7, 11) is 0. The van der Waals surface area contributed by atoms with Gasteiger partial charge in [-0.2, -0.15) is 5.10 Å². The molecule has 0 radical (unpaired) electrons. The van der Waals surface area contributed by atoms with Gasteiger partial charge in [0.05, 0.1) is 0 Å². The van der Waals surface area contributed by atoms with E-state index in [2.05, 4.69) is 20.7 Å². The van der Waals surface area contributed by atoms with Crippen molar-refractivity contribution >= 4 is 17.5 Å². The van der Waals surface area contributed by atoms with Crippen molar-refractivity contribution in [3.05, 3.63) is 78.1 Å². The van der Waals surface area contributed by atoms with E-state index in [0.717, 1.165) is 5.56 Å². The SMILES string of the molecule is CC(C(=O)NCc1cccc(NC(=O)c2ccc(F)cc2)c1)n1cncn1. The van der Waals surface area contributed by atoms with Crippen molar-refractivity contribution in [3.63, 3.8) is 0 Å². The van der Waals surface area contributed by atoms with Crippen molar-refractivity contribution in [1.82, 2.24) is 20.1 Å². The number of nitrogens with zero attached hydrogens (tertiary/aromatic N) is 3. The predicted octanol–water partition coefficient (Wildman–Crippen LogP) is 2.55. The first kappa shape index (κ1) is 18.2. The third-order valence-corrected chi connectivity index (χ3v) is 3.97. The fourth-order valence-electron chi connectivity index (χ4n) is 2.44. The van der Waals surface area contributed by atoms with Crippen LogP contribution in [-0.2, 0) is 11.3 Å². The van der Waals surface area contributed by atoms with E-state index in [0.29, 0.717) is 17.8 Å². The smallest absolute Gasteiger partial charge is 0.255 e. The van der Waals surface area contributed by atoms with E-state index in [1.165, 1.54) is 41.6 Å². The highest BCUT2D eigenvalue weighted by molar-refractivity contribution is 6.04. The Labute approximate surface area is 155 Å². The molecular weight excluding hydrogens is 349 g/mol. The summed E-state index contributed by atoms with van der Waals surface area (Å²) in [5.74, 6) is -0.929. The van der Waals surface area contributed by atoms with Crippen LogP contribution < -0.4 is 10.6 Å². The van der Waals surface area contributed by atoms with Gasteiger partial charge in [0, 0.05) is 17.8 Å². The normalized spacial score (nSPS) is 11.6. The molecule has 1 unspecified atom stereocenters. The standard InChI is InChI=1S/C19H18FN5O2/c1-13(25-12-21-11-23-25)18(26)22-10-14-3-2-4-17(9-14)24-19(27)15-5-7-16(20)8-6-15/h2-9,11-13H,10H2,1H3,(H,22,26)(H,24,27). The summed E-state index contributed by atoms with van der Waals surface area (Å²) in [5, 5.41) is 9.52. The summed E-state index contributed by atoms with van der Waals surface area (Å²) in [4.78, 5) is 28.2. The Morgan fingerprint density at radius 2 is 1.96 bits per heavy atom. The lowest BCUT2D eigenvalue weighted by Gasteiger charge is -2.13. The van der Waals surface area contributed by atoms with E-state index in [4.69, 9.17) is 0 Å². The summed E-state index contributed by atoms with van der Waals surface area (Å²) in [5.41, 5.74) is 1.77. The molecule has 0 spiro atoms. The lowest BCUT2D eigenvalue weighted by atomic mass is 10.1. The van der Waals surface area contributed by atoms with Crippen LogP contribution in [0.5, 0.6) is 0 Å². The van der Waals surface area contributed by atoms with Crippen molar-refractivity contribution in [1.29, 1.82) is 0 Å². The summed E-state index contributed by atoms with van der Waals surface area (Å²) in [6.07, 6.45) is 2.85. The van der Waals surface area contributed by atoms with Gasteiger partial charge in [0.1, 0.15) is 24.5 Å². The zero-order valence-corrected chi connectivity index (χ0v) is 14.6. The number of rotatable bonds is 6. The maximum Gasteiger partial charge on any atom is 0.255 e. The minimum Gasteiger partial charge on any atom is -0.350 e. The third-order valence-electron chi connectivity index (χ3n) is 3.97. The number of hydrogen-bond donors (Lipinski definition) is 2. The van der Waals surface area contributed by atoms with Gasteiger partial charge in [0.25, 0.3) is 5.91 Å². The molecule has 0 bridgehead atoms. The number of carbonyl (C=O) groups excluding carboxylic acids is 2. The van der Waals surface area contributed by atoms with Crippen LogP contribution in [0.4, 0.5) is 10.1 Å². The van der Waals surface area contributed by atoms with Gasteiger partial charge in [-0.3, -0.25) is 9.59 Å². The number of halogens is 1. The van der Waals surface area contributed by atoms with Gasteiger partial charge in [-0.05, 0) is 48.9 Å². The second-order valence-electron chi connectivity index (χ2n) is 5.93. The zero-order valence-electron chi connectivity index (χ0n) is 14.6. The molecule has 7 nitrogen and oxygen atoms in total. The fraction of sp³-hybridized carbons (Fsp3) is 0.158. The molecule has 3 rings (SSSR count). The Bertz CT molecular complexity index is 926. The molecule has 27 heavy (non-hydrogen) atoms. The van der Waals surface area contributed by atoms with Crippen molar-refractivity contribution in [2.24, 2.45) is 0 Å². The van der Waals surface area contributed by atoms with Crippen LogP contribution in [0.2, 0.25) is 0 Å². The number of aromatic nitrogens is 3. The molecule has 2 aromatic carbocycles. The first-order valence-corrected chi connectivity index (χ1v) is 8.30. The summed E-state index contributed by atoms with van der Waals surface area (Å²) in [6.45, 7) is 2.03. The monoisotopic (exact) mass is 367 g/mol. The number of amides is 2. The van der Waals surface area contributed by atoms with Crippen LogP contribution in [0.1, 0.15) is 28.9 Å². The van der Waals surface area contributed by atoms with E-state index < -0.39 is 11.9 Å². The molecule has 138 valence electrons. The molecule has 0 saturated carbocycles. The number of carbonyl (C=O) groups is 2. The lowest BCUT2D eigenvalue weighted by molar-refractivity contribution is -0.124. The Morgan fingerprint density at radius 1 is 1.19 bits per heavy atom. The number of benzene rings is 2. The second-order valence-corrected chi connectivity index (χ2v) is 5.93. The molecule has 1 atom stereocenters. The lowest BCUT2D eigenvalue weighted by Crippen LogP contribution is -2.30. The van der Waals surface area contributed by atoms with Crippen LogP contribution in [0.3, 0.4) is 0 Å². The first-order valence-electron chi connectivity index (χ1n) is 8.30. The summed E-state index contributed by atoms with van der Waals surface area (Å²) >= 11 is 0. The van der Waals surface area contributed by atoms with Crippen LogP contribution in [0.15, 0.2) is 61.2 Å². The molecule has 3 aromatic rings. The number of anilines is 1. The van der Waals surface area contributed by atoms with E-state index in [1.807, 2.05) is 6.07 Å². The van der Waals surface area contributed by atoms with Crippen molar-refractivity contribution in [2.75, 3.05) is 5.32 Å².